The van der Waals surface area contributed by atoms with Gasteiger partial charge in [-0.3, -0.25) is 14.9 Å². The molecule has 0 atom stereocenters. The van der Waals surface area contributed by atoms with Gasteiger partial charge in [0.25, 0.3) is 11.6 Å². The summed E-state index contributed by atoms with van der Waals surface area (Å²) >= 11 is 5.89. The lowest BCUT2D eigenvalue weighted by Crippen LogP contribution is -2.28. The number of carbonyl (C=O) groups is 1. The number of nitro groups is 1. The number of nitrogens with zero attached hydrogens (tertiary/aromatic N) is 1. The normalized spacial score (nSPS) is 10.1. The van der Waals surface area contributed by atoms with Gasteiger partial charge in [-0.25, -0.2) is 0 Å². The van der Waals surface area contributed by atoms with Crippen LogP contribution in [0.4, 0.5) is 11.4 Å². The van der Waals surface area contributed by atoms with Crippen molar-refractivity contribution in [1.29, 1.82) is 0 Å². The number of halogens is 1. The number of carbonyl (C=O) groups excluding carboxylic acids is 1. The van der Waals surface area contributed by atoms with E-state index in [9.17, 15) is 14.9 Å². The molecule has 0 saturated carbocycles. The second-order valence-corrected chi connectivity index (χ2v) is 5.01. The van der Waals surface area contributed by atoms with E-state index in [-0.39, 0.29) is 29.4 Å². The van der Waals surface area contributed by atoms with E-state index in [1.165, 1.54) is 12.1 Å². The summed E-state index contributed by atoms with van der Waals surface area (Å²) in [5.74, 6) is 0.0857. The number of anilines is 1. The smallest absolute Gasteiger partial charge is 0.270 e. The maximum absolute atomic E-state index is 12.0. The Morgan fingerprint density at radius 3 is 2.78 bits per heavy atom. The fourth-order valence-corrected chi connectivity index (χ4v) is 2.04. The minimum absolute atomic E-state index is 0.0461. The molecule has 0 aliphatic rings. The predicted octanol–water partition coefficient (Wildman–Crippen LogP) is 2.64. The zero-order chi connectivity index (χ0) is 16.8. The average Bonchev–Trinajstić information content (AvgIpc) is 2.51. The van der Waals surface area contributed by atoms with E-state index in [0.717, 1.165) is 6.07 Å². The second-order valence-electron chi connectivity index (χ2n) is 4.60. The summed E-state index contributed by atoms with van der Waals surface area (Å²) in [7, 11) is 0. The molecule has 0 unspecified atom stereocenters. The van der Waals surface area contributed by atoms with Gasteiger partial charge in [-0.15, -0.1) is 0 Å². The van der Waals surface area contributed by atoms with Crippen LogP contribution in [0.5, 0.6) is 5.75 Å². The Balaban J connectivity index is 1.90. The van der Waals surface area contributed by atoms with Gasteiger partial charge >= 0.3 is 0 Å². The lowest BCUT2D eigenvalue weighted by atomic mass is 10.2. The van der Waals surface area contributed by atoms with Crippen molar-refractivity contribution in [2.75, 3.05) is 18.9 Å². The van der Waals surface area contributed by atoms with Crippen molar-refractivity contribution in [2.24, 2.45) is 0 Å². The lowest BCUT2D eigenvalue weighted by molar-refractivity contribution is -0.384. The quantitative estimate of drug-likeness (QED) is 0.365. The van der Waals surface area contributed by atoms with E-state index in [2.05, 4.69) is 5.32 Å². The molecule has 8 heteroatoms. The summed E-state index contributed by atoms with van der Waals surface area (Å²) in [6, 6.07) is 10.6. The minimum Gasteiger partial charge on any atom is -0.492 e. The minimum atomic E-state index is -0.587. The van der Waals surface area contributed by atoms with Crippen LogP contribution in [0, 0.1) is 10.1 Å². The Kier molecular flexibility index (Phi) is 5.37. The molecule has 0 saturated heterocycles. The molecule has 0 bridgehead atoms. The third-order valence-corrected chi connectivity index (χ3v) is 3.25. The van der Waals surface area contributed by atoms with Crippen LogP contribution >= 0.6 is 11.6 Å². The fraction of sp³-hybridized carbons (Fsp3) is 0.133. The summed E-state index contributed by atoms with van der Waals surface area (Å²) in [5, 5.41) is 13.5. The number of hydrogen-bond acceptors (Lipinski definition) is 5. The molecule has 0 radical (unpaired) electrons. The highest BCUT2D eigenvalue weighted by Crippen LogP contribution is 2.21. The number of nitrogens with two attached hydrogens (primary N) is 1. The topological polar surface area (TPSA) is 107 Å². The summed E-state index contributed by atoms with van der Waals surface area (Å²) in [5.41, 5.74) is 6.05. The van der Waals surface area contributed by atoms with Crippen LogP contribution in [0.3, 0.4) is 0 Å². The highest BCUT2D eigenvalue weighted by Gasteiger charge is 2.15. The Labute approximate surface area is 137 Å². The lowest BCUT2D eigenvalue weighted by Gasteiger charge is -2.09. The van der Waals surface area contributed by atoms with Crippen LogP contribution in [0.25, 0.3) is 0 Å². The fourth-order valence-electron chi connectivity index (χ4n) is 1.83. The second kappa shape index (κ2) is 7.46. The number of nitro benzene ring substituents is 1. The number of rotatable bonds is 6. The van der Waals surface area contributed by atoms with Crippen LogP contribution in [0.2, 0.25) is 5.02 Å². The van der Waals surface area contributed by atoms with Crippen LogP contribution in [-0.2, 0) is 0 Å². The Hall–Kier alpha value is -2.80. The maximum atomic E-state index is 12.0. The van der Waals surface area contributed by atoms with Gasteiger partial charge in [-0.2, -0.15) is 0 Å². The third-order valence-electron chi connectivity index (χ3n) is 2.92. The third kappa shape index (κ3) is 4.58. The SMILES string of the molecule is Nc1cccc(OCCNC(=O)c2cc([N+](=O)[O-])ccc2Cl)c1. The molecule has 120 valence electrons. The first-order valence-corrected chi connectivity index (χ1v) is 7.05. The molecule has 0 heterocycles. The van der Waals surface area contributed by atoms with E-state index in [4.69, 9.17) is 22.1 Å². The molecule has 0 aromatic heterocycles. The van der Waals surface area contributed by atoms with Gasteiger partial charge in [0.15, 0.2) is 0 Å². The van der Waals surface area contributed by atoms with Gasteiger partial charge in [-0.1, -0.05) is 17.7 Å². The van der Waals surface area contributed by atoms with Gasteiger partial charge in [0.05, 0.1) is 22.1 Å². The molecule has 0 aliphatic carbocycles. The van der Waals surface area contributed by atoms with Gasteiger partial charge in [0.2, 0.25) is 0 Å². The molecular formula is C15H14ClN3O4. The van der Waals surface area contributed by atoms with Crippen LogP contribution < -0.4 is 15.8 Å². The van der Waals surface area contributed by atoms with Gasteiger partial charge in [-0.05, 0) is 18.2 Å². The molecule has 0 fully saturated rings. The summed E-state index contributed by atoms with van der Waals surface area (Å²) in [6.07, 6.45) is 0. The largest absolute Gasteiger partial charge is 0.492 e. The molecule has 1 amide bonds. The van der Waals surface area contributed by atoms with Crippen LogP contribution in [0.1, 0.15) is 10.4 Å². The molecule has 2 aromatic rings. The highest BCUT2D eigenvalue weighted by molar-refractivity contribution is 6.33. The number of non-ortho nitro benzene ring substituents is 1. The molecule has 23 heavy (non-hydrogen) atoms. The first kappa shape index (κ1) is 16.6. The molecule has 2 rings (SSSR count). The first-order valence-electron chi connectivity index (χ1n) is 6.68. The Bertz CT molecular complexity index is 736. The predicted molar refractivity (Wildman–Crippen MR) is 86.8 cm³/mol. The standard InChI is InChI=1S/C15H14ClN3O4/c16-14-5-4-11(19(21)22)9-13(14)15(20)18-6-7-23-12-3-1-2-10(17)8-12/h1-5,8-9H,6-7,17H2,(H,18,20). The van der Waals surface area contributed by atoms with Gasteiger partial charge in [0.1, 0.15) is 12.4 Å². The Morgan fingerprint density at radius 2 is 2.09 bits per heavy atom. The summed E-state index contributed by atoms with van der Waals surface area (Å²) < 4.78 is 5.43. The van der Waals surface area contributed by atoms with Crippen LogP contribution in [-0.4, -0.2) is 24.0 Å². The monoisotopic (exact) mass is 335 g/mol. The summed E-state index contributed by atoms with van der Waals surface area (Å²) in [6.45, 7) is 0.439. The van der Waals surface area contributed by atoms with E-state index >= 15 is 0 Å². The molecule has 2 aromatic carbocycles. The van der Waals surface area contributed by atoms with Crippen molar-refractivity contribution in [3.63, 3.8) is 0 Å². The number of nitrogens with one attached hydrogen (secondary N) is 1. The zero-order valence-corrected chi connectivity index (χ0v) is 12.7. The zero-order valence-electron chi connectivity index (χ0n) is 12.0. The van der Waals surface area contributed by atoms with Crippen molar-refractivity contribution in [2.45, 2.75) is 0 Å². The van der Waals surface area contributed by atoms with Gasteiger partial charge < -0.3 is 15.8 Å². The highest BCUT2D eigenvalue weighted by atomic mass is 35.5. The molecular weight excluding hydrogens is 322 g/mol. The van der Waals surface area contributed by atoms with Crippen LogP contribution in [0.15, 0.2) is 42.5 Å². The van der Waals surface area contributed by atoms with E-state index in [0.29, 0.717) is 11.4 Å². The molecule has 7 nitrogen and oxygen atoms in total. The van der Waals surface area contributed by atoms with Crippen molar-refractivity contribution < 1.29 is 14.5 Å². The van der Waals surface area contributed by atoms with Gasteiger partial charge in [0, 0.05) is 23.9 Å². The van der Waals surface area contributed by atoms with Crippen molar-refractivity contribution in [1.82, 2.24) is 5.32 Å². The van der Waals surface area contributed by atoms with Crippen molar-refractivity contribution in [3.8, 4) is 5.75 Å². The number of hydrogen-bond donors (Lipinski definition) is 2. The van der Waals surface area contributed by atoms with E-state index in [1.54, 1.807) is 24.3 Å². The maximum Gasteiger partial charge on any atom is 0.270 e. The number of ether oxygens (including phenoxy) is 1. The molecule has 0 spiro atoms. The Morgan fingerprint density at radius 1 is 1.30 bits per heavy atom. The van der Waals surface area contributed by atoms with Crippen molar-refractivity contribution in [3.05, 3.63) is 63.2 Å². The number of benzene rings is 2. The van der Waals surface area contributed by atoms with E-state index < -0.39 is 10.8 Å². The number of nitrogen functional groups attached to an aromatic ring is 1. The molecule has 3 N–H and O–H groups in total. The number of amides is 1. The molecule has 0 aliphatic heterocycles. The van der Waals surface area contributed by atoms with E-state index in [1.807, 2.05) is 0 Å². The summed E-state index contributed by atoms with van der Waals surface area (Å²) in [4.78, 5) is 22.2. The average molecular weight is 336 g/mol. The first-order chi connectivity index (χ1) is 11.0. The van der Waals surface area contributed by atoms with Crippen molar-refractivity contribution >= 4 is 28.9 Å².